The Bertz CT molecular complexity index is 340. The van der Waals surface area contributed by atoms with Crippen molar-refractivity contribution in [3.63, 3.8) is 0 Å². The van der Waals surface area contributed by atoms with Crippen molar-refractivity contribution in [2.75, 3.05) is 31.6 Å². The molecule has 1 saturated heterocycles. The molecular formula is C11H19N3O2. The van der Waals surface area contributed by atoms with Crippen LogP contribution in [-0.2, 0) is 6.61 Å². The molecule has 2 rings (SSSR count). The van der Waals surface area contributed by atoms with Gasteiger partial charge in [-0.25, -0.2) is 0 Å². The maximum absolute atomic E-state index is 8.94. The molecule has 0 aromatic carbocycles. The van der Waals surface area contributed by atoms with Crippen LogP contribution in [0.1, 0.15) is 19.0 Å². The molecule has 0 radical (unpaired) electrons. The van der Waals surface area contributed by atoms with Crippen molar-refractivity contribution >= 4 is 6.01 Å². The third-order valence-electron chi connectivity index (χ3n) is 3.22. The monoisotopic (exact) mass is 225 g/mol. The second-order valence-corrected chi connectivity index (χ2v) is 4.27. The molecule has 2 heterocycles. The average Bonchev–Trinajstić information content (AvgIpc) is 2.78. The lowest BCUT2D eigenvalue weighted by molar-refractivity contribution is 0.209. The Kier molecular flexibility index (Phi) is 3.46. The molecule has 90 valence electrons. The van der Waals surface area contributed by atoms with Gasteiger partial charge in [0.2, 0.25) is 0 Å². The molecule has 1 aromatic heterocycles. The third kappa shape index (κ3) is 2.20. The Morgan fingerprint density at radius 3 is 3.00 bits per heavy atom. The smallest absolute Gasteiger partial charge is 0.297 e. The Morgan fingerprint density at radius 1 is 1.56 bits per heavy atom. The van der Waals surface area contributed by atoms with E-state index in [4.69, 9.17) is 9.52 Å². The van der Waals surface area contributed by atoms with Crippen molar-refractivity contribution < 1.29 is 9.52 Å². The van der Waals surface area contributed by atoms with Crippen LogP contribution in [0.15, 0.2) is 10.7 Å². The van der Waals surface area contributed by atoms with E-state index in [1.807, 2.05) is 0 Å². The fourth-order valence-electron chi connectivity index (χ4n) is 2.07. The first-order chi connectivity index (χ1) is 7.74. The first-order valence-corrected chi connectivity index (χ1v) is 5.75. The highest BCUT2D eigenvalue weighted by Crippen LogP contribution is 2.19. The van der Waals surface area contributed by atoms with Gasteiger partial charge in [-0.2, -0.15) is 4.98 Å². The van der Waals surface area contributed by atoms with Gasteiger partial charge in [-0.15, -0.1) is 0 Å². The SMILES string of the molecule is CCC1CN(c2nc(CO)co2)CCN1C. The number of hydrogen-bond acceptors (Lipinski definition) is 5. The standard InChI is InChI=1S/C11H19N3O2/c1-3-10-6-14(5-4-13(10)2)11-12-9(7-15)8-16-11/h8,10,15H,3-7H2,1-2H3. The molecule has 1 atom stereocenters. The highest BCUT2D eigenvalue weighted by Gasteiger charge is 2.25. The van der Waals surface area contributed by atoms with Crippen molar-refractivity contribution in [1.82, 2.24) is 9.88 Å². The van der Waals surface area contributed by atoms with Crippen molar-refractivity contribution in [2.45, 2.75) is 26.0 Å². The Balaban J connectivity index is 2.05. The predicted octanol–water partition coefficient (Wildman–Crippen LogP) is 0.697. The lowest BCUT2D eigenvalue weighted by atomic mass is 10.1. The number of aliphatic hydroxyl groups is 1. The first-order valence-electron chi connectivity index (χ1n) is 5.75. The van der Waals surface area contributed by atoms with E-state index < -0.39 is 0 Å². The minimum Gasteiger partial charge on any atom is -0.432 e. The lowest BCUT2D eigenvalue weighted by Crippen LogP contribution is -2.51. The van der Waals surface area contributed by atoms with Crippen molar-refractivity contribution in [3.8, 4) is 0 Å². The zero-order valence-electron chi connectivity index (χ0n) is 9.89. The van der Waals surface area contributed by atoms with E-state index in [1.54, 1.807) is 0 Å². The second-order valence-electron chi connectivity index (χ2n) is 4.27. The molecule has 1 aliphatic heterocycles. The van der Waals surface area contributed by atoms with E-state index in [0.717, 1.165) is 26.1 Å². The van der Waals surface area contributed by atoms with Crippen LogP contribution < -0.4 is 4.90 Å². The fraction of sp³-hybridized carbons (Fsp3) is 0.727. The summed E-state index contributed by atoms with van der Waals surface area (Å²) in [5, 5.41) is 8.94. The molecule has 1 aromatic rings. The maximum Gasteiger partial charge on any atom is 0.297 e. The average molecular weight is 225 g/mol. The first kappa shape index (κ1) is 11.4. The molecule has 0 amide bonds. The molecular weight excluding hydrogens is 206 g/mol. The summed E-state index contributed by atoms with van der Waals surface area (Å²) in [4.78, 5) is 8.75. The van der Waals surface area contributed by atoms with E-state index >= 15 is 0 Å². The highest BCUT2D eigenvalue weighted by molar-refractivity contribution is 5.28. The lowest BCUT2D eigenvalue weighted by Gasteiger charge is -2.38. The van der Waals surface area contributed by atoms with Gasteiger partial charge in [0, 0.05) is 25.7 Å². The Labute approximate surface area is 95.7 Å². The number of aliphatic hydroxyl groups excluding tert-OH is 1. The molecule has 0 bridgehead atoms. The van der Waals surface area contributed by atoms with Crippen molar-refractivity contribution in [3.05, 3.63) is 12.0 Å². The molecule has 1 fully saturated rings. The summed E-state index contributed by atoms with van der Waals surface area (Å²) >= 11 is 0. The van der Waals surface area contributed by atoms with Crippen LogP contribution in [0.25, 0.3) is 0 Å². The zero-order chi connectivity index (χ0) is 11.5. The molecule has 0 aliphatic carbocycles. The van der Waals surface area contributed by atoms with Gasteiger partial charge < -0.3 is 14.4 Å². The topological polar surface area (TPSA) is 52.7 Å². The van der Waals surface area contributed by atoms with Gasteiger partial charge in [-0.05, 0) is 13.5 Å². The van der Waals surface area contributed by atoms with Crippen LogP contribution in [-0.4, -0.2) is 47.7 Å². The normalized spacial score (nSPS) is 22.7. The number of hydrogen-bond donors (Lipinski definition) is 1. The molecule has 16 heavy (non-hydrogen) atoms. The van der Waals surface area contributed by atoms with E-state index in [0.29, 0.717) is 17.8 Å². The molecule has 5 heteroatoms. The number of nitrogens with zero attached hydrogens (tertiary/aromatic N) is 3. The van der Waals surface area contributed by atoms with Gasteiger partial charge in [0.05, 0.1) is 6.61 Å². The minimum absolute atomic E-state index is 0.0611. The molecule has 0 spiro atoms. The van der Waals surface area contributed by atoms with Crippen molar-refractivity contribution in [1.29, 1.82) is 0 Å². The van der Waals surface area contributed by atoms with E-state index in [2.05, 4.69) is 28.8 Å². The maximum atomic E-state index is 8.94. The number of oxazole rings is 1. The summed E-state index contributed by atoms with van der Waals surface area (Å²) in [5.41, 5.74) is 0.599. The van der Waals surface area contributed by atoms with Gasteiger partial charge in [-0.3, -0.25) is 4.90 Å². The second kappa shape index (κ2) is 4.84. The molecule has 1 N–H and O–H groups in total. The van der Waals surface area contributed by atoms with Crippen LogP contribution in [0, 0.1) is 0 Å². The van der Waals surface area contributed by atoms with E-state index in [9.17, 15) is 0 Å². The van der Waals surface area contributed by atoms with E-state index in [-0.39, 0.29) is 6.61 Å². The van der Waals surface area contributed by atoms with Gasteiger partial charge in [0.25, 0.3) is 6.01 Å². The quantitative estimate of drug-likeness (QED) is 0.820. The number of rotatable bonds is 3. The summed E-state index contributed by atoms with van der Waals surface area (Å²) in [6.45, 7) is 5.03. The summed E-state index contributed by atoms with van der Waals surface area (Å²) < 4.78 is 5.36. The van der Waals surface area contributed by atoms with Gasteiger partial charge in [-0.1, -0.05) is 6.92 Å². The molecule has 0 saturated carbocycles. The van der Waals surface area contributed by atoms with E-state index in [1.165, 1.54) is 6.26 Å². The minimum atomic E-state index is -0.0611. The van der Waals surface area contributed by atoms with Crippen LogP contribution in [0.3, 0.4) is 0 Å². The molecule has 1 unspecified atom stereocenters. The Morgan fingerprint density at radius 2 is 2.38 bits per heavy atom. The third-order valence-corrected chi connectivity index (χ3v) is 3.22. The number of aromatic nitrogens is 1. The van der Waals surface area contributed by atoms with Crippen LogP contribution in [0.2, 0.25) is 0 Å². The van der Waals surface area contributed by atoms with Gasteiger partial charge in [0.1, 0.15) is 12.0 Å². The number of anilines is 1. The van der Waals surface area contributed by atoms with Crippen LogP contribution in [0.5, 0.6) is 0 Å². The van der Waals surface area contributed by atoms with Gasteiger partial charge >= 0.3 is 0 Å². The highest BCUT2D eigenvalue weighted by atomic mass is 16.4. The summed E-state index contributed by atoms with van der Waals surface area (Å²) in [5.74, 6) is 0. The fourth-order valence-corrected chi connectivity index (χ4v) is 2.07. The largest absolute Gasteiger partial charge is 0.432 e. The van der Waals surface area contributed by atoms with Gasteiger partial charge in [0.15, 0.2) is 0 Å². The zero-order valence-corrected chi connectivity index (χ0v) is 9.89. The van der Waals surface area contributed by atoms with Crippen molar-refractivity contribution in [2.24, 2.45) is 0 Å². The number of likely N-dealkylation sites (N-methyl/N-ethyl adjacent to an activating group) is 1. The molecule has 1 aliphatic rings. The summed E-state index contributed by atoms with van der Waals surface area (Å²) in [7, 11) is 2.15. The number of piperazine rings is 1. The molecule has 5 nitrogen and oxygen atoms in total. The summed E-state index contributed by atoms with van der Waals surface area (Å²) in [6, 6.07) is 1.19. The summed E-state index contributed by atoms with van der Waals surface area (Å²) in [6.07, 6.45) is 2.65. The van der Waals surface area contributed by atoms with Crippen LogP contribution in [0.4, 0.5) is 6.01 Å². The Hall–Kier alpha value is -1.07. The predicted molar refractivity (Wildman–Crippen MR) is 61.3 cm³/mol. The van der Waals surface area contributed by atoms with Crippen LogP contribution >= 0.6 is 0 Å².